The van der Waals surface area contributed by atoms with Gasteiger partial charge in [0.05, 0.1) is 0 Å². The molecule has 32 heavy (non-hydrogen) atoms. The second-order valence-corrected chi connectivity index (χ2v) is 7.93. The Labute approximate surface area is 207 Å². The molecule has 4 rings (SSSR count). The minimum atomic E-state index is 0. The quantitative estimate of drug-likeness (QED) is 0.212. The number of rotatable bonds is 7. The summed E-state index contributed by atoms with van der Waals surface area (Å²) in [7, 11) is 4.12. The van der Waals surface area contributed by atoms with Crippen LogP contribution in [-0.4, -0.2) is 47.4 Å². The SMILES string of the molecule is Cc1nnc(CN=C(NCCCN(C)c2ccccc2)N2CCc3ccccc32)n1C.I. The highest BCUT2D eigenvalue weighted by molar-refractivity contribution is 14.0. The van der Waals surface area contributed by atoms with Crippen LogP contribution in [0.15, 0.2) is 59.6 Å². The molecule has 2 heterocycles. The number of fused-ring (bicyclic) bond motifs is 1. The van der Waals surface area contributed by atoms with Crippen molar-refractivity contribution in [2.75, 3.05) is 36.5 Å². The number of aromatic nitrogens is 3. The number of benzene rings is 2. The number of halogens is 1. The molecule has 0 saturated carbocycles. The van der Waals surface area contributed by atoms with Gasteiger partial charge in [0.1, 0.15) is 12.4 Å². The first-order valence-corrected chi connectivity index (χ1v) is 10.9. The third-order valence-corrected chi connectivity index (χ3v) is 5.85. The minimum Gasteiger partial charge on any atom is -0.375 e. The highest BCUT2D eigenvalue weighted by atomic mass is 127. The van der Waals surface area contributed by atoms with E-state index in [0.29, 0.717) is 6.54 Å². The maximum Gasteiger partial charge on any atom is 0.198 e. The van der Waals surface area contributed by atoms with Crippen LogP contribution in [0, 0.1) is 6.92 Å². The van der Waals surface area contributed by atoms with Crippen LogP contribution < -0.4 is 15.1 Å². The highest BCUT2D eigenvalue weighted by Crippen LogP contribution is 2.27. The van der Waals surface area contributed by atoms with Crippen LogP contribution in [0.3, 0.4) is 0 Å². The number of para-hydroxylation sites is 2. The summed E-state index contributed by atoms with van der Waals surface area (Å²) in [5.41, 5.74) is 3.85. The second-order valence-electron chi connectivity index (χ2n) is 7.93. The molecular formula is C24H32IN7. The van der Waals surface area contributed by atoms with Gasteiger partial charge in [0.25, 0.3) is 0 Å². The van der Waals surface area contributed by atoms with Crippen LogP contribution in [0.4, 0.5) is 11.4 Å². The Kier molecular flexibility index (Phi) is 8.49. The maximum absolute atomic E-state index is 4.92. The Balaban J connectivity index is 0.00000289. The number of hydrogen-bond acceptors (Lipinski definition) is 4. The van der Waals surface area contributed by atoms with E-state index < -0.39 is 0 Å². The maximum atomic E-state index is 4.92. The Hall–Kier alpha value is -2.62. The predicted molar refractivity (Wildman–Crippen MR) is 142 cm³/mol. The molecule has 0 unspecified atom stereocenters. The molecular weight excluding hydrogens is 513 g/mol. The molecule has 1 aliphatic heterocycles. The van der Waals surface area contributed by atoms with Crippen molar-refractivity contribution in [2.24, 2.45) is 12.0 Å². The Morgan fingerprint density at radius 1 is 1.09 bits per heavy atom. The zero-order valence-corrected chi connectivity index (χ0v) is 21.4. The molecule has 170 valence electrons. The topological polar surface area (TPSA) is 61.6 Å². The first-order valence-electron chi connectivity index (χ1n) is 10.9. The van der Waals surface area contributed by atoms with Crippen molar-refractivity contribution in [3.05, 3.63) is 71.8 Å². The van der Waals surface area contributed by atoms with Crippen molar-refractivity contribution >= 4 is 41.3 Å². The number of anilines is 2. The lowest BCUT2D eigenvalue weighted by Gasteiger charge is -2.24. The Morgan fingerprint density at radius 2 is 1.84 bits per heavy atom. The molecule has 1 aromatic heterocycles. The summed E-state index contributed by atoms with van der Waals surface area (Å²) < 4.78 is 1.99. The van der Waals surface area contributed by atoms with Crippen LogP contribution in [0.5, 0.6) is 0 Å². The Morgan fingerprint density at radius 3 is 2.59 bits per heavy atom. The van der Waals surface area contributed by atoms with Gasteiger partial charge in [0.15, 0.2) is 11.8 Å². The monoisotopic (exact) mass is 545 g/mol. The van der Waals surface area contributed by atoms with Gasteiger partial charge in [-0.05, 0) is 43.5 Å². The van der Waals surface area contributed by atoms with Crippen LogP contribution in [0.2, 0.25) is 0 Å². The number of guanidine groups is 1. The van der Waals surface area contributed by atoms with Gasteiger partial charge in [-0.3, -0.25) is 0 Å². The van der Waals surface area contributed by atoms with E-state index in [9.17, 15) is 0 Å². The summed E-state index contributed by atoms with van der Waals surface area (Å²) in [5.74, 6) is 2.68. The van der Waals surface area contributed by atoms with Gasteiger partial charge in [-0.15, -0.1) is 34.2 Å². The van der Waals surface area contributed by atoms with Crippen molar-refractivity contribution in [3.8, 4) is 0 Å². The fourth-order valence-electron chi connectivity index (χ4n) is 3.86. The standard InChI is InChI=1S/C24H31N7.HI/c1-19-27-28-23(30(19)3)18-26-24(31-17-14-20-10-7-8-13-22(20)31)25-15-9-16-29(2)21-11-5-4-6-12-21;/h4-8,10-13H,9,14-18H2,1-3H3,(H,25,26);1H. The third kappa shape index (κ3) is 5.59. The van der Waals surface area contributed by atoms with E-state index in [1.54, 1.807) is 0 Å². The van der Waals surface area contributed by atoms with Crippen molar-refractivity contribution in [3.63, 3.8) is 0 Å². The first kappa shape index (κ1) is 24.0. The molecule has 0 spiro atoms. The number of nitrogens with one attached hydrogen (secondary N) is 1. The average molecular weight is 545 g/mol. The van der Waals surface area contributed by atoms with E-state index in [1.165, 1.54) is 16.9 Å². The van der Waals surface area contributed by atoms with Gasteiger partial charge >= 0.3 is 0 Å². The summed E-state index contributed by atoms with van der Waals surface area (Å²) in [4.78, 5) is 9.49. The summed E-state index contributed by atoms with van der Waals surface area (Å²) >= 11 is 0. The van der Waals surface area contributed by atoms with Crippen molar-refractivity contribution in [2.45, 2.75) is 26.3 Å². The van der Waals surface area contributed by atoms with E-state index in [2.05, 4.69) is 80.9 Å². The minimum absolute atomic E-state index is 0. The predicted octanol–water partition coefficient (Wildman–Crippen LogP) is 3.78. The zero-order chi connectivity index (χ0) is 21.6. The van der Waals surface area contributed by atoms with E-state index in [1.807, 2.05) is 24.6 Å². The van der Waals surface area contributed by atoms with Gasteiger partial charge in [-0.25, -0.2) is 4.99 Å². The summed E-state index contributed by atoms with van der Waals surface area (Å²) in [6.45, 7) is 5.23. The van der Waals surface area contributed by atoms with Crippen LogP contribution in [0.25, 0.3) is 0 Å². The van der Waals surface area contributed by atoms with Gasteiger partial charge in [-0.2, -0.15) is 0 Å². The molecule has 0 aliphatic carbocycles. The molecule has 0 bridgehead atoms. The molecule has 0 fully saturated rings. The molecule has 3 aromatic rings. The molecule has 2 aromatic carbocycles. The lowest BCUT2D eigenvalue weighted by molar-refractivity contribution is 0.732. The number of hydrogen-bond donors (Lipinski definition) is 1. The van der Waals surface area contributed by atoms with Crippen LogP contribution in [0.1, 0.15) is 23.6 Å². The largest absolute Gasteiger partial charge is 0.375 e. The van der Waals surface area contributed by atoms with Gasteiger partial charge in [0, 0.05) is 45.1 Å². The van der Waals surface area contributed by atoms with Crippen molar-refractivity contribution in [1.82, 2.24) is 20.1 Å². The second kappa shape index (κ2) is 11.3. The molecule has 0 saturated heterocycles. The number of nitrogens with zero attached hydrogens (tertiary/aromatic N) is 6. The van der Waals surface area contributed by atoms with Crippen LogP contribution in [-0.2, 0) is 20.0 Å². The fourth-order valence-corrected chi connectivity index (χ4v) is 3.86. The van der Waals surface area contributed by atoms with E-state index in [-0.39, 0.29) is 24.0 Å². The van der Waals surface area contributed by atoms with Crippen LogP contribution >= 0.6 is 24.0 Å². The lowest BCUT2D eigenvalue weighted by Crippen LogP contribution is -2.41. The van der Waals surface area contributed by atoms with Crippen molar-refractivity contribution < 1.29 is 0 Å². The average Bonchev–Trinajstić information content (AvgIpc) is 3.37. The Bertz CT molecular complexity index is 1030. The summed E-state index contributed by atoms with van der Waals surface area (Å²) in [6.07, 6.45) is 2.06. The highest BCUT2D eigenvalue weighted by Gasteiger charge is 2.22. The normalized spacial score (nSPS) is 13.0. The fraction of sp³-hybridized carbons (Fsp3) is 0.375. The molecule has 0 atom stereocenters. The molecule has 1 aliphatic rings. The molecule has 8 heteroatoms. The lowest BCUT2D eigenvalue weighted by atomic mass is 10.2. The number of aliphatic imine (C=N–C) groups is 1. The molecule has 0 amide bonds. The van der Waals surface area contributed by atoms with Gasteiger partial charge < -0.3 is 19.7 Å². The van der Waals surface area contributed by atoms with Gasteiger partial charge in [-0.1, -0.05) is 36.4 Å². The zero-order valence-electron chi connectivity index (χ0n) is 19.0. The molecule has 1 N–H and O–H groups in total. The number of aryl methyl sites for hydroxylation is 1. The van der Waals surface area contributed by atoms with Gasteiger partial charge in [0.2, 0.25) is 0 Å². The van der Waals surface area contributed by atoms with E-state index >= 15 is 0 Å². The van der Waals surface area contributed by atoms with E-state index in [0.717, 1.165) is 50.1 Å². The van der Waals surface area contributed by atoms with E-state index in [4.69, 9.17) is 4.99 Å². The summed E-state index contributed by atoms with van der Waals surface area (Å²) in [6, 6.07) is 19.1. The molecule has 0 radical (unpaired) electrons. The smallest absolute Gasteiger partial charge is 0.198 e. The summed E-state index contributed by atoms with van der Waals surface area (Å²) in [5, 5.41) is 12.0. The molecule has 7 nitrogen and oxygen atoms in total. The first-order chi connectivity index (χ1) is 15.1. The van der Waals surface area contributed by atoms with Crippen molar-refractivity contribution in [1.29, 1.82) is 0 Å². The third-order valence-electron chi connectivity index (χ3n) is 5.85.